The zero-order valence-electron chi connectivity index (χ0n) is 16.9. The van der Waals surface area contributed by atoms with Gasteiger partial charge < -0.3 is 5.32 Å². The van der Waals surface area contributed by atoms with Crippen LogP contribution in [-0.4, -0.2) is 21.7 Å². The highest BCUT2D eigenvalue weighted by molar-refractivity contribution is 6.41. The van der Waals surface area contributed by atoms with Crippen molar-refractivity contribution in [3.63, 3.8) is 0 Å². The molecule has 0 bridgehead atoms. The van der Waals surface area contributed by atoms with Gasteiger partial charge in [0.25, 0.3) is 11.8 Å². The Balaban J connectivity index is 1.80. The number of nitrogens with one attached hydrogen (secondary N) is 1. The Morgan fingerprint density at radius 1 is 0.968 bits per heavy atom. The molecule has 156 valence electrons. The molecule has 2 aromatic carbocycles. The van der Waals surface area contributed by atoms with Crippen molar-refractivity contribution in [3.8, 4) is 0 Å². The average Bonchev–Trinajstić information content (AvgIpc) is 2.95. The van der Waals surface area contributed by atoms with E-state index in [9.17, 15) is 9.59 Å². The maximum Gasteiger partial charge on any atom is 0.278 e. The highest BCUT2D eigenvalue weighted by atomic mass is 35.5. The van der Waals surface area contributed by atoms with Gasteiger partial charge in [0.05, 0.1) is 22.8 Å². The number of rotatable bonds is 5. The molecule has 0 aliphatic carbocycles. The van der Waals surface area contributed by atoms with Crippen LogP contribution in [-0.2, 0) is 16.1 Å². The van der Waals surface area contributed by atoms with Crippen LogP contribution in [0.25, 0.3) is 5.57 Å². The number of aromatic nitrogens is 1. The fourth-order valence-electron chi connectivity index (χ4n) is 3.52. The Morgan fingerprint density at radius 3 is 2.45 bits per heavy atom. The molecule has 2 amide bonds. The second-order valence-electron chi connectivity index (χ2n) is 7.34. The molecule has 0 radical (unpaired) electrons. The van der Waals surface area contributed by atoms with E-state index in [2.05, 4.69) is 10.3 Å². The number of nitrogens with zero attached hydrogens (tertiary/aromatic N) is 2. The van der Waals surface area contributed by atoms with Crippen molar-refractivity contribution in [1.29, 1.82) is 0 Å². The number of imide groups is 1. The lowest BCUT2D eigenvalue weighted by Crippen LogP contribution is -2.32. The van der Waals surface area contributed by atoms with E-state index in [1.54, 1.807) is 36.5 Å². The zero-order chi connectivity index (χ0) is 22.1. The van der Waals surface area contributed by atoms with Crippen molar-refractivity contribution in [3.05, 3.63) is 98.9 Å². The molecule has 5 nitrogen and oxygen atoms in total. The third-order valence-electron chi connectivity index (χ3n) is 5.06. The Labute approximate surface area is 190 Å². The van der Waals surface area contributed by atoms with Crippen LogP contribution in [0.1, 0.15) is 22.4 Å². The minimum absolute atomic E-state index is 0.0608. The van der Waals surface area contributed by atoms with Gasteiger partial charge in [-0.25, -0.2) is 0 Å². The Kier molecular flexibility index (Phi) is 5.81. The topological polar surface area (TPSA) is 62.3 Å². The van der Waals surface area contributed by atoms with Crippen molar-refractivity contribution in [2.45, 2.75) is 20.4 Å². The third-order valence-corrected chi connectivity index (χ3v) is 5.60. The van der Waals surface area contributed by atoms with E-state index >= 15 is 0 Å². The van der Waals surface area contributed by atoms with E-state index in [0.29, 0.717) is 21.3 Å². The Bertz CT molecular complexity index is 1220. The summed E-state index contributed by atoms with van der Waals surface area (Å²) in [5.41, 5.74) is 4.24. The van der Waals surface area contributed by atoms with Gasteiger partial charge >= 0.3 is 0 Å². The van der Waals surface area contributed by atoms with Gasteiger partial charge in [-0.1, -0.05) is 53.0 Å². The molecule has 1 aliphatic heterocycles. The maximum atomic E-state index is 13.4. The monoisotopic (exact) mass is 451 g/mol. The number of amides is 2. The van der Waals surface area contributed by atoms with E-state index in [1.807, 2.05) is 38.1 Å². The first-order valence-electron chi connectivity index (χ1n) is 9.65. The molecule has 31 heavy (non-hydrogen) atoms. The summed E-state index contributed by atoms with van der Waals surface area (Å²) in [5, 5.41) is 3.92. The van der Waals surface area contributed by atoms with Crippen LogP contribution in [0, 0.1) is 13.8 Å². The molecule has 7 heteroatoms. The van der Waals surface area contributed by atoms with E-state index < -0.39 is 11.8 Å². The van der Waals surface area contributed by atoms with E-state index in [1.165, 1.54) is 4.90 Å². The first kappa shape index (κ1) is 21.1. The zero-order valence-corrected chi connectivity index (χ0v) is 18.5. The fourth-order valence-corrected chi connectivity index (χ4v) is 4.02. The van der Waals surface area contributed by atoms with Gasteiger partial charge in [0.2, 0.25) is 0 Å². The SMILES string of the molecule is Cc1ccc(NC2=C(c3ccc(Cl)cc3Cl)C(=O)N(Cc3ccccn3)C2=O)c(C)c1. The molecular formula is C24H19Cl2N3O2. The molecule has 3 aromatic rings. The molecule has 2 heterocycles. The predicted molar refractivity (Wildman–Crippen MR) is 123 cm³/mol. The lowest BCUT2D eigenvalue weighted by atomic mass is 10.0. The molecule has 0 spiro atoms. The van der Waals surface area contributed by atoms with Crippen LogP contribution >= 0.6 is 23.2 Å². The lowest BCUT2D eigenvalue weighted by Gasteiger charge is -2.15. The van der Waals surface area contributed by atoms with Crippen LogP contribution in [0.5, 0.6) is 0 Å². The van der Waals surface area contributed by atoms with Crippen molar-refractivity contribution < 1.29 is 9.59 Å². The smallest absolute Gasteiger partial charge is 0.278 e. The van der Waals surface area contributed by atoms with Gasteiger partial charge in [0.15, 0.2) is 0 Å². The lowest BCUT2D eigenvalue weighted by molar-refractivity contribution is -0.137. The number of carbonyl (C=O) groups excluding carboxylic acids is 2. The van der Waals surface area contributed by atoms with Crippen molar-refractivity contribution >= 4 is 46.3 Å². The maximum absolute atomic E-state index is 13.4. The quantitative estimate of drug-likeness (QED) is 0.527. The fraction of sp³-hybridized carbons (Fsp3) is 0.125. The van der Waals surface area contributed by atoms with E-state index in [4.69, 9.17) is 23.2 Å². The van der Waals surface area contributed by atoms with Gasteiger partial charge in [-0.05, 0) is 49.7 Å². The number of hydrogen-bond donors (Lipinski definition) is 1. The van der Waals surface area contributed by atoms with Gasteiger partial charge in [-0.15, -0.1) is 0 Å². The molecule has 1 aliphatic rings. The summed E-state index contributed by atoms with van der Waals surface area (Å²) in [4.78, 5) is 32.2. The predicted octanol–water partition coefficient (Wildman–Crippen LogP) is 5.40. The number of halogens is 2. The van der Waals surface area contributed by atoms with Crippen LogP contribution in [0.3, 0.4) is 0 Å². The highest BCUT2D eigenvalue weighted by Crippen LogP contribution is 2.36. The molecule has 0 saturated heterocycles. The van der Waals surface area contributed by atoms with Crippen LogP contribution in [0.4, 0.5) is 5.69 Å². The number of hydrogen-bond acceptors (Lipinski definition) is 4. The molecule has 1 N–H and O–H groups in total. The largest absolute Gasteiger partial charge is 0.350 e. The molecule has 0 atom stereocenters. The number of benzene rings is 2. The van der Waals surface area contributed by atoms with E-state index in [-0.39, 0.29) is 17.8 Å². The highest BCUT2D eigenvalue weighted by Gasteiger charge is 2.40. The van der Waals surface area contributed by atoms with Crippen LogP contribution in [0.2, 0.25) is 10.0 Å². The minimum atomic E-state index is -0.438. The molecule has 0 unspecified atom stereocenters. The third kappa shape index (κ3) is 4.20. The molecule has 1 aromatic heterocycles. The Hall–Kier alpha value is -3.15. The summed E-state index contributed by atoms with van der Waals surface area (Å²) in [6, 6.07) is 16.0. The van der Waals surface area contributed by atoms with Gasteiger partial charge in [0, 0.05) is 22.5 Å². The molecular weight excluding hydrogens is 433 g/mol. The summed E-state index contributed by atoms with van der Waals surface area (Å²) in [7, 11) is 0. The number of anilines is 1. The van der Waals surface area contributed by atoms with Gasteiger partial charge in [-0.2, -0.15) is 0 Å². The first-order chi connectivity index (χ1) is 14.8. The first-order valence-corrected chi connectivity index (χ1v) is 10.4. The van der Waals surface area contributed by atoms with Gasteiger partial charge in [-0.3, -0.25) is 19.5 Å². The van der Waals surface area contributed by atoms with E-state index in [0.717, 1.165) is 16.8 Å². The summed E-state index contributed by atoms with van der Waals surface area (Å²) in [5.74, 6) is -0.871. The van der Waals surface area contributed by atoms with Gasteiger partial charge in [0.1, 0.15) is 5.70 Å². The molecule has 0 saturated carbocycles. The normalized spacial score (nSPS) is 13.9. The molecule has 4 rings (SSSR count). The summed E-state index contributed by atoms with van der Waals surface area (Å²) >= 11 is 12.4. The summed E-state index contributed by atoms with van der Waals surface area (Å²) in [6.07, 6.45) is 1.62. The second-order valence-corrected chi connectivity index (χ2v) is 8.18. The van der Waals surface area contributed by atoms with Crippen LogP contribution in [0.15, 0.2) is 66.5 Å². The Morgan fingerprint density at radius 2 is 1.77 bits per heavy atom. The van der Waals surface area contributed by atoms with Crippen LogP contribution < -0.4 is 5.32 Å². The molecule has 0 fully saturated rings. The number of carbonyl (C=O) groups is 2. The summed E-state index contributed by atoms with van der Waals surface area (Å²) in [6.45, 7) is 4.00. The minimum Gasteiger partial charge on any atom is -0.350 e. The number of pyridine rings is 1. The standard InChI is InChI=1S/C24H19Cl2N3O2/c1-14-6-9-20(15(2)11-14)28-22-21(18-8-7-16(25)12-19(18)26)23(30)29(24(22)31)13-17-5-3-4-10-27-17/h3-12,28H,13H2,1-2H3. The average molecular weight is 452 g/mol. The summed E-state index contributed by atoms with van der Waals surface area (Å²) < 4.78 is 0. The van der Waals surface area contributed by atoms with Crippen molar-refractivity contribution in [1.82, 2.24) is 9.88 Å². The second kappa shape index (κ2) is 8.53. The number of aryl methyl sites for hydroxylation is 2. The van der Waals surface area contributed by atoms with Crippen molar-refractivity contribution in [2.24, 2.45) is 0 Å². The van der Waals surface area contributed by atoms with Crippen molar-refractivity contribution in [2.75, 3.05) is 5.32 Å².